The van der Waals surface area contributed by atoms with Crippen LogP contribution in [-0.4, -0.2) is 46.5 Å². The topological polar surface area (TPSA) is 79.2 Å². The van der Waals surface area contributed by atoms with Gasteiger partial charge in [0.15, 0.2) is 0 Å². The largest absolute Gasteiger partial charge is 0.392 e. The Hall–Kier alpha value is -1.40. The summed E-state index contributed by atoms with van der Waals surface area (Å²) in [7, 11) is 1.72. The Morgan fingerprint density at radius 3 is 2.94 bits per heavy atom. The van der Waals surface area contributed by atoms with Gasteiger partial charge in [0.25, 0.3) is 5.91 Å². The van der Waals surface area contributed by atoms with E-state index in [1.807, 2.05) is 0 Å². The maximum atomic E-state index is 11.6. The fourth-order valence-electron chi connectivity index (χ4n) is 1.26. The Balaban J connectivity index is 2.19. The molecular formula is C10H18N4O2. The highest BCUT2D eigenvalue weighted by molar-refractivity contribution is 5.92. The van der Waals surface area contributed by atoms with Gasteiger partial charge in [0.05, 0.1) is 6.10 Å². The predicted molar refractivity (Wildman–Crippen MR) is 60.1 cm³/mol. The Labute approximate surface area is 94.6 Å². The van der Waals surface area contributed by atoms with Crippen LogP contribution in [0.3, 0.4) is 0 Å². The quantitative estimate of drug-likeness (QED) is 0.550. The van der Waals surface area contributed by atoms with E-state index in [0.717, 1.165) is 0 Å². The lowest BCUT2D eigenvalue weighted by Crippen LogP contribution is -2.35. The van der Waals surface area contributed by atoms with Crippen LogP contribution in [0.2, 0.25) is 0 Å². The summed E-state index contributed by atoms with van der Waals surface area (Å²) in [6, 6.07) is 1.67. The van der Waals surface area contributed by atoms with E-state index in [4.69, 9.17) is 5.11 Å². The average molecular weight is 226 g/mol. The highest BCUT2D eigenvalue weighted by Crippen LogP contribution is 1.94. The van der Waals surface area contributed by atoms with E-state index in [1.54, 1.807) is 26.2 Å². The van der Waals surface area contributed by atoms with E-state index in [0.29, 0.717) is 25.3 Å². The molecule has 1 rings (SSSR count). The van der Waals surface area contributed by atoms with Gasteiger partial charge in [0.1, 0.15) is 5.69 Å². The van der Waals surface area contributed by atoms with Crippen molar-refractivity contribution in [3.63, 3.8) is 0 Å². The molecule has 0 aromatic carbocycles. The summed E-state index contributed by atoms with van der Waals surface area (Å²) >= 11 is 0. The molecule has 0 saturated carbocycles. The number of hydrogen-bond donors (Lipinski definition) is 3. The number of nitrogens with one attached hydrogen (secondary N) is 2. The molecule has 1 unspecified atom stereocenters. The van der Waals surface area contributed by atoms with Gasteiger partial charge in [-0.1, -0.05) is 0 Å². The van der Waals surface area contributed by atoms with Crippen molar-refractivity contribution < 1.29 is 9.90 Å². The Bertz CT molecular complexity index is 335. The molecule has 0 spiro atoms. The minimum absolute atomic E-state index is 0.140. The van der Waals surface area contributed by atoms with Crippen LogP contribution in [0.15, 0.2) is 12.3 Å². The lowest BCUT2D eigenvalue weighted by atomic mass is 10.4. The molecule has 0 radical (unpaired) electrons. The van der Waals surface area contributed by atoms with Crippen LogP contribution < -0.4 is 10.6 Å². The van der Waals surface area contributed by atoms with Gasteiger partial charge in [-0.3, -0.25) is 9.48 Å². The first kappa shape index (κ1) is 12.7. The molecule has 0 aliphatic carbocycles. The maximum absolute atomic E-state index is 11.6. The van der Waals surface area contributed by atoms with E-state index >= 15 is 0 Å². The molecule has 3 N–H and O–H groups in total. The van der Waals surface area contributed by atoms with Gasteiger partial charge in [-0.25, -0.2) is 0 Å². The number of aromatic nitrogens is 2. The minimum Gasteiger partial charge on any atom is -0.392 e. The highest BCUT2D eigenvalue weighted by Gasteiger charge is 2.08. The van der Waals surface area contributed by atoms with E-state index in [2.05, 4.69) is 15.7 Å². The third-order valence-corrected chi connectivity index (χ3v) is 2.08. The second-order valence-corrected chi connectivity index (χ2v) is 3.65. The molecule has 0 bridgehead atoms. The van der Waals surface area contributed by atoms with Gasteiger partial charge in [0, 0.05) is 32.9 Å². The Morgan fingerprint density at radius 2 is 2.38 bits per heavy atom. The van der Waals surface area contributed by atoms with Crippen LogP contribution in [0.1, 0.15) is 17.4 Å². The first-order valence-corrected chi connectivity index (χ1v) is 5.26. The van der Waals surface area contributed by atoms with Crippen molar-refractivity contribution in [1.82, 2.24) is 20.4 Å². The third kappa shape index (κ3) is 4.00. The number of aliphatic hydroxyl groups is 1. The monoisotopic (exact) mass is 226 g/mol. The molecule has 1 atom stereocenters. The zero-order valence-corrected chi connectivity index (χ0v) is 9.60. The van der Waals surface area contributed by atoms with Gasteiger partial charge in [0.2, 0.25) is 0 Å². The molecule has 90 valence electrons. The molecule has 1 aromatic heterocycles. The summed E-state index contributed by atoms with van der Waals surface area (Å²) in [5.74, 6) is -0.140. The summed E-state index contributed by atoms with van der Waals surface area (Å²) in [5.41, 5.74) is 0.538. The van der Waals surface area contributed by atoms with Crippen molar-refractivity contribution in [3.8, 4) is 0 Å². The van der Waals surface area contributed by atoms with E-state index in [-0.39, 0.29) is 12.0 Å². The lowest BCUT2D eigenvalue weighted by molar-refractivity contribution is 0.0944. The summed E-state index contributed by atoms with van der Waals surface area (Å²) < 4.78 is 1.53. The second-order valence-electron chi connectivity index (χ2n) is 3.65. The summed E-state index contributed by atoms with van der Waals surface area (Å²) in [6.45, 7) is 3.40. The minimum atomic E-state index is -0.368. The smallest absolute Gasteiger partial charge is 0.269 e. The van der Waals surface area contributed by atoms with Crippen molar-refractivity contribution in [2.45, 2.75) is 13.0 Å². The van der Waals surface area contributed by atoms with Gasteiger partial charge in [-0.05, 0) is 13.0 Å². The van der Waals surface area contributed by atoms with Crippen molar-refractivity contribution in [3.05, 3.63) is 18.0 Å². The van der Waals surface area contributed by atoms with Crippen molar-refractivity contribution in [2.75, 3.05) is 19.6 Å². The van der Waals surface area contributed by atoms with Gasteiger partial charge in [-0.2, -0.15) is 5.10 Å². The fraction of sp³-hybridized carbons (Fsp3) is 0.600. The fourth-order valence-corrected chi connectivity index (χ4v) is 1.26. The number of carbonyl (C=O) groups excluding carboxylic acids is 1. The highest BCUT2D eigenvalue weighted by atomic mass is 16.3. The van der Waals surface area contributed by atoms with Crippen LogP contribution >= 0.6 is 0 Å². The van der Waals surface area contributed by atoms with Gasteiger partial charge >= 0.3 is 0 Å². The number of carbonyl (C=O) groups is 1. The molecule has 0 aliphatic heterocycles. The normalized spacial score (nSPS) is 12.4. The summed E-state index contributed by atoms with van der Waals surface area (Å²) in [5, 5.41) is 18.7. The summed E-state index contributed by atoms with van der Waals surface area (Å²) in [6.07, 6.45) is 1.22. The molecule has 6 nitrogen and oxygen atoms in total. The standard InChI is InChI=1S/C10H18N4O2/c1-8(15)7-11-5-6-12-10(16)9-3-4-13-14(9)2/h3-4,8,11,15H,5-7H2,1-2H3,(H,12,16). The van der Waals surface area contributed by atoms with E-state index in [1.165, 1.54) is 4.68 Å². The number of aliphatic hydroxyl groups excluding tert-OH is 1. The number of hydrogen-bond acceptors (Lipinski definition) is 4. The van der Waals surface area contributed by atoms with Crippen molar-refractivity contribution in [1.29, 1.82) is 0 Å². The predicted octanol–water partition coefficient (Wildman–Crippen LogP) is -0.880. The third-order valence-electron chi connectivity index (χ3n) is 2.08. The van der Waals surface area contributed by atoms with Crippen LogP contribution in [0.4, 0.5) is 0 Å². The SMILES string of the molecule is CC(O)CNCCNC(=O)c1ccnn1C. The zero-order valence-electron chi connectivity index (χ0n) is 9.60. The van der Waals surface area contributed by atoms with Gasteiger partial charge < -0.3 is 15.7 Å². The van der Waals surface area contributed by atoms with Crippen LogP contribution in [0, 0.1) is 0 Å². The molecule has 16 heavy (non-hydrogen) atoms. The first-order valence-electron chi connectivity index (χ1n) is 5.26. The molecule has 0 saturated heterocycles. The lowest BCUT2D eigenvalue weighted by Gasteiger charge is -2.08. The Morgan fingerprint density at radius 1 is 1.62 bits per heavy atom. The van der Waals surface area contributed by atoms with E-state index in [9.17, 15) is 4.79 Å². The zero-order chi connectivity index (χ0) is 12.0. The first-order chi connectivity index (χ1) is 7.61. The van der Waals surface area contributed by atoms with Crippen LogP contribution in [-0.2, 0) is 7.05 Å². The van der Waals surface area contributed by atoms with Crippen molar-refractivity contribution >= 4 is 5.91 Å². The molecule has 1 amide bonds. The number of nitrogens with zero attached hydrogens (tertiary/aromatic N) is 2. The molecule has 1 aromatic rings. The summed E-state index contributed by atoms with van der Waals surface area (Å²) in [4.78, 5) is 11.6. The van der Waals surface area contributed by atoms with Crippen LogP contribution in [0.25, 0.3) is 0 Å². The molecule has 0 aliphatic rings. The number of rotatable bonds is 6. The van der Waals surface area contributed by atoms with Crippen molar-refractivity contribution in [2.24, 2.45) is 7.05 Å². The molecule has 0 fully saturated rings. The van der Waals surface area contributed by atoms with Crippen LogP contribution in [0.5, 0.6) is 0 Å². The second kappa shape index (κ2) is 6.24. The average Bonchev–Trinajstić information content (AvgIpc) is 2.63. The number of aryl methyl sites for hydroxylation is 1. The molecule has 1 heterocycles. The van der Waals surface area contributed by atoms with E-state index < -0.39 is 0 Å². The molecular weight excluding hydrogens is 208 g/mol. The molecule has 6 heteroatoms. The van der Waals surface area contributed by atoms with Gasteiger partial charge in [-0.15, -0.1) is 0 Å². The number of amides is 1. The maximum Gasteiger partial charge on any atom is 0.269 e. The Kier molecular flexibility index (Phi) is 4.94.